The van der Waals surface area contributed by atoms with Gasteiger partial charge in [-0.25, -0.2) is 17.5 Å². The molecule has 1 amide bonds. The Bertz CT molecular complexity index is 1270. The maximum Gasteiger partial charge on any atom is 0.272 e. The number of fused-ring (bicyclic) bond motifs is 1. The highest BCUT2D eigenvalue weighted by Gasteiger charge is 2.27. The van der Waals surface area contributed by atoms with E-state index in [2.05, 4.69) is 10.4 Å². The average Bonchev–Trinajstić information content (AvgIpc) is 3.41. The predicted octanol–water partition coefficient (Wildman–Crippen LogP) is 3.46. The number of carbonyl (C=O) groups is 1. The molecule has 33 heavy (non-hydrogen) atoms. The molecule has 174 valence electrons. The SMILES string of the molecule is CC(C)N(C)S(=O)(=O)c1ccc(CNC(=O)c2nn(-c3ccc(F)cc3)c3c2CCC3)cc1. The van der Waals surface area contributed by atoms with Gasteiger partial charge in [-0.1, -0.05) is 12.1 Å². The van der Waals surface area contributed by atoms with Crippen LogP contribution < -0.4 is 5.32 Å². The van der Waals surface area contributed by atoms with E-state index in [4.69, 9.17) is 0 Å². The van der Waals surface area contributed by atoms with Gasteiger partial charge in [0, 0.05) is 30.9 Å². The molecule has 0 radical (unpaired) electrons. The van der Waals surface area contributed by atoms with Gasteiger partial charge in [-0.2, -0.15) is 9.40 Å². The molecule has 1 heterocycles. The largest absolute Gasteiger partial charge is 0.347 e. The highest BCUT2D eigenvalue weighted by molar-refractivity contribution is 7.89. The molecule has 0 saturated carbocycles. The molecule has 9 heteroatoms. The van der Waals surface area contributed by atoms with Gasteiger partial charge >= 0.3 is 0 Å². The molecule has 0 aliphatic heterocycles. The zero-order valence-electron chi connectivity index (χ0n) is 18.9. The van der Waals surface area contributed by atoms with Crippen LogP contribution in [0.1, 0.15) is 47.6 Å². The summed E-state index contributed by atoms with van der Waals surface area (Å²) in [7, 11) is -2.00. The minimum atomic E-state index is -3.55. The Balaban J connectivity index is 1.49. The summed E-state index contributed by atoms with van der Waals surface area (Å²) in [5.41, 5.74) is 3.79. The molecule has 1 aliphatic carbocycles. The average molecular weight is 471 g/mol. The number of amides is 1. The van der Waals surface area contributed by atoms with Crippen LogP contribution in [0.2, 0.25) is 0 Å². The van der Waals surface area contributed by atoms with Crippen molar-refractivity contribution >= 4 is 15.9 Å². The van der Waals surface area contributed by atoms with Gasteiger partial charge in [0.25, 0.3) is 5.91 Å². The van der Waals surface area contributed by atoms with Gasteiger partial charge in [0.15, 0.2) is 5.69 Å². The highest BCUT2D eigenvalue weighted by atomic mass is 32.2. The Morgan fingerprint density at radius 2 is 1.79 bits per heavy atom. The first-order valence-corrected chi connectivity index (χ1v) is 12.3. The number of nitrogens with one attached hydrogen (secondary N) is 1. The van der Waals surface area contributed by atoms with Crippen molar-refractivity contribution in [2.75, 3.05) is 7.05 Å². The maximum atomic E-state index is 13.3. The fraction of sp³-hybridized carbons (Fsp3) is 0.333. The number of nitrogens with zero attached hydrogens (tertiary/aromatic N) is 3. The summed E-state index contributed by atoms with van der Waals surface area (Å²) in [6.45, 7) is 3.88. The first-order chi connectivity index (χ1) is 15.7. The van der Waals surface area contributed by atoms with E-state index in [9.17, 15) is 17.6 Å². The van der Waals surface area contributed by atoms with Crippen molar-refractivity contribution in [2.24, 2.45) is 0 Å². The van der Waals surface area contributed by atoms with Gasteiger partial charge in [-0.05, 0) is 75.1 Å². The van der Waals surface area contributed by atoms with Gasteiger partial charge in [0.1, 0.15) is 5.82 Å². The van der Waals surface area contributed by atoms with Crippen molar-refractivity contribution < 1.29 is 17.6 Å². The quantitative estimate of drug-likeness (QED) is 0.573. The van der Waals surface area contributed by atoms with Crippen molar-refractivity contribution in [1.29, 1.82) is 0 Å². The molecular weight excluding hydrogens is 443 g/mol. The zero-order valence-corrected chi connectivity index (χ0v) is 19.7. The van der Waals surface area contributed by atoms with Gasteiger partial charge in [0.2, 0.25) is 10.0 Å². The number of benzene rings is 2. The van der Waals surface area contributed by atoms with E-state index in [1.165, 1.54) is 16.4 Å². The molecule has 0 atom stereocenters. The first kappa shape index (κ1) is 23.1. The second-order valence-corrected chi connectivity index (χ2v) is 10.5. The molecule has 0 spiro atoms. The van der Waals surface area contributed by atoms with Crippen LogP contribution in [-0.2, 0) is 29.4 Å². The summed E-state index contributed by atoms with van der Waals surface area (Å²) >= 11 is 0. The molecule has 0 bridgehead atoms. The van der Waals surface area contributed by atoms with Crippen molar-refractivity contribution in [2.45, 2.75) is 50.6 Å². The molecular formula is C24H27FN4O3S. The van der Waals surface area contributed by atoms with E-state index >= 15 is 0 Å². The standard InChI is InChI=1S/C24H27FN4O3S/c1-16(2)28(3)33(31,32)20-13-7-17(8-14-20)15-26-24(30)23-21-5-4-6-22(21)29(27-23)19-11-9-18(25)10-12-19/h7-14,16H,4-6,15H2,1-3H3,(H,26,30). The van der Waals surface area contributed by atoms with Crippen molar-refractivity contribution in [3.8, 4) is 5.69 Å². The number of rotatable bonds is 7. The lowest BCUT2D eigenvalue weighted by Gasteiger charge is -2.21. The summed E-state index contributed by atoms with van der Waals surface area (Å²) < 4.78 is 41.6. The van der Waals surface area contributed by atoms with Gasteiger partial charge in [-0.3, -0.25) is 4.79 Å². The second kappa shape index (κ2) is 9.07. The third-order valence-electron chi connectivity index (χ3n) is 6.00. The van der Waals surface area contributed by atoms with E-state index in [1.54, 1.807) is 48.1 Å². The lowest BCUT2D eigenvalue weighted by Crippen LogP contribution is -2.33. The fourth-order valence-corrected chi connectivity index (χ4v) is 5.27. The van der Waals surface area contributed by atoms with Crippen LogP contribution in [0.3, 0.4) is 0 Å². The monoisotopic (exact) mass is 470 g/mol. The number of halogens is 1. The molecule has 0 unspecified atom stereocenters. The van der Waals surface area contributed by atoms with Crippen molar-refractivity contribution in [1.82, 2.24) is 19.4 Å². The minimum absolute atomic E-state index is 0.148. The molecule has 7 nitrogen and oxygen atoms in total. The topological polar surface area (TPSA) is 84.3 Å². The Morgan fingerprint density at radius 3 is 2.42 bits per heavy atom. The van der Waals surface area contributed by atoms with E-state index in [1.807, 2.05) is 13.8 Å². The smallest absolute Gasteiger partial charge is 0.272 e. The first-order valence-electron chi connectivity index (χ1n) is 10.9. The Kier molecular flexibility index (Phi) is 6.36. The number of carbonyl (C=O) groups excluding carboxylic acids is 1. The van der Waals surface area contributed by atoms with Crippen molar-refractivity contribution in [3.05, 3.63) is 76.9 Å². The number of sulfonamides is 1. The van der Waals surface area contributed by atoms with Crippen LogP contribution in [0.4, 0.5) is 4.39 Å². The zero-order chi connectivity index (χ0) is 23.8. The van der Waals surface area contributed by atoms with Crippen LogP contribution in [0.15, 0.2) is 53.4 Å². The lowest BCUT2D eigenvalue weighted by atomic mass is 10.2. The summed E-state index contributed by atoms with van der Waals surface area (Å²) in [5, 5.41) is 7.41. The molecule has 0 saturated heterocycles. The molecule has 3 aromatic rings. The summed E-state index contributed by atoms with van der Waals surface area (Å²) in [6.07, 6.45) is 2.53. The normalized spacial score (nSPS) is 13.5. The molecule has 1 aliphatic rings. The summed E-state index contributed by atoms with van der Waals surface area (Å²) in [6, 6.07) is 12.4. The van der Waals surface area contributed by atoms with Crippen LogP contribution in [0.5, 0.6) is 0 Å². The predicted molar refractivity (Wildman–Crippen MR) is 123 cm³/mol. The molecule has 1 N–H and O–H groups in total. The van der Waals surface area contributed by atoms with Crippen LogP contribution in [0, 0.1) is 5.82 Å². The second-order valence-electron chi connectivity index (χ2n) is 8.46. The van der Waals surface area contributed by atoms with Gasteiger partial charge in [0.05, 0.1) is 10.6 Å². The molecule has 2 aromatic carbocycles. The number of hydrogen-bond donors (Lipinski definition) is 1. The van der Waals surface area contributed by atoms with E-state index in [-0.39, 0.29) is 29.2 Å². The third kappa shape index (κ3) is 4.56. The minimum Gasteiger partial charge on any atom is -0.347 e. The Hall–Kier alpha value is -3.04. The van der Waals surface area contributed by atoms with Crippen LogP contribution >= 0.6 is 0 Å². The number of aromatic nitrogens is 2. The molecule has 1 aromatic heterocycles. The lowest BCUT2D eigenvalue weighted by molar-refractivity contribution is 0.0944. The number of hydrogen-bond acceptors (Lipinski definition) is 4. The van der Waals surface area contributed by atoms with Gasteiger partial charge < -0.3 is 5.32 Å². The summed E-state index contributed by atoms with van der Waals surface area (Å²) in [5.74, 6) is -0.611. The molecule has 0 fully saturated rings. The third-order valence-corrected chi connectivity index (χ3v) is 8.04. The summed E-state index contributed by atoms with van der Waals surface area (Å²) in [4.78, 5) is 13.1. The van der Waals surface area contributed by atoms with E-state index in [0.717, 1.165) is 41.8 Å². The maximum absolute atomic E-state index is 13.3. The van der Waals surface area contributed by atoms with Gasteiger partial charge in [-0.15, -0.1) is 0 Å². The van der Waals surface area contributed by atoms with Crippen LogP contribution in [0.25, 0.3) is 5.69 Å². The van der Waals surface area contributed by atoms with E-state index in [0.29, 0.717) is 5.69 Å². The highest BCUT2D eigenvalue weighted by Crippen LogP contribution is 2.28. The Morgan fingerprint density at radius 1 is 1.12 bits per heavy atom. The van der Waals surface area contributed by atoms with Crippen molar-refractivity contribution in [3.63, 3.8) is 0 Å². The van der Waals surface area contributed by atoms with E-state index < -0.39 is 10.0 Å². The van der Waals surface area contributed by atoms with Crippen LogP contribution in [-0.4, -0.2) is 41.5 Å². The fourth-order valence-electron chi connectivity index (χ4n) is 3.90. The molecule has 4 rings (SSSR count). The Labute approximate surface area is 193 Å².